The molecule has 1 atom stereocenters. The van der Waals surface area contributed by atoms with Gasteiger partial charge in [-0.05, 0) is 49.4 Å². The van der Waals surface area contributed by atoms with Gasteiger partial charge in [-0.1, -0.05) is 18.2 Å². The molecule has 11 heteroatoms. The third kappa shape index (κ3) is 5.61. The van der Waals surface area contributed by atoms with E-state index in [1.54, 1.807) is 59.4 Å². The summed E-state index contributed by atoms with van der Waals surface area (Å²) in [5.74, 6) is -3.89. The van der Waals surface area contributed by atoms with Crippen molar-refractivity contribution in [3.8, 4) is 0 Å². The molecule has 0 radical (unpaired) electrons. The molecule has 3 heterocycles. The van der Waals surface area contributed by atoms with E-state index in [9.17, 15) is 22.9 Å². The van der Waals surface area contributed by atoms with Crippen LogP contribution in [-0.2, 0) is 17.3 Å². The predicted octanol–water partition coefficient (Wildman–Crippen LogP) is 4.78. The lowest BCUT2D eigenvalue weighted by molar-refractivity contribution is 0.0182. The molecule has 5 rings (SSSR count). The molecule has 2 amide bonds. The van der Waals surface area contributed by atoms with Gasteiger partial charge in [0.05, 0.1) is 11.3 Å². The molecular formula is C29H27F2N5O3S. The Labute approximate surface area is 233 Å². The summed E-state index contributed by atoms with van der Waals surface area (Å²) in [6, 6.07) is 16.1. The molecular weight excluding hydrogens is 536 g/mol. The van der Waals surface area contributed by atoms with E-state index in [1.165, 1.54) is 12.1 Å². The molecule has 0 aliphatic carbocycles. The molecule has 0 saturated carbocycles. The smallest absolute Gasteiger partial charge is 0.272 e. The van der Waals surface area contributed by atoms with Crippen LogP contribution in [0.15, 0.2) is 78.0 Å². The predicted molar refractivity (Wildman–Crippen MR) is 149 cm³/mol. The molecule has 8 nitrogen and oxygen atoms in total. The van der Waals surface area contributed by atoms with E-state index in [1.807, 2.05) is 12.1 Å². The van der Waals surface area contributed by atoms with Crippen LogP contribution in [0.1, 0.15) is 38.9 Å². The maximum absolute atomic E-state index is 14.7. The van der Waals surface area contributed by atoms with E-state index in [4.69, 9.17) is 0 Å². The lowest BCUT2D eigenvalue weighted by Gasteiger charge is -2.35. The number of pyridine rings is 2. The largest absolute Gasteiger partial charge is 0.588 e. The number of fused-ring (bicyclic) bond motifs is 1. The van der Waals surface area contributed by atoms with Crippen molar-refractivity contribution in [3.63, 3.8) is 0 Å². The van der Waals surface area contributed by atoms with Gasteiger partial charge in [-0.3, -0.25) is 19.6 Å². The van der Waals surface area contributed by atoms with Gasteiger partial charge in [-0.25, -0.2) is 13.5 Å². The van der Waals surface area contributed by atoms with E-state index < -0.39 is 28.8 Å². The molecule has 4 aromatic rings. The standard InChI is InChI=1S/C29H27F2N5O3S/c1-19-22(8-5-12-32-19)28(38)36-16-14-35(15-17-36)27(37)21-10-11-24(23(18-21)29(2,30)31)34-40(39)25-9-3-6-20-7-4-13-33-26(20)25/h3-13,18,34H,14-17H2,1-2H3. The normalized spacial score (nSPS) is 14.7. The molecule has 1 aliphatic heterocycles. The van der Waals surface area contributed by atoms with Crippen molar-refractivity contribution in [2.24, 2.45) is 0 Å². The zero-order valence-corrected chi connectivity index (χ0v) is 22.8. The Morgan fingerprint density at radius 3 is 2.27 bits per heavy atom. The highest BCUT2D eigenvalue weighted by Gasteiger charge is 2.32. The zero-order chi connectivity index (χ0) is 28.4. The van der Waals surface area contributed by atoms with Crippen molar-refractivity contribution >= 4 is 39.8 Å². The van der Waals surface area contributed by atoms with Gasteiger partial charge in [0.1, 0.15) is 16.9 Å². The summed E-state index contributed by atoms with van der Waals surface area (Å²) >= 11 is -1.88. The summed E-state index contributed by atoms with van der Waals surface area (Å²) in [4.78, 5) is 38.1. The molecule has 1 saturated heterocycles. The highest BCUT2D eigenvalue weighted by Crippen LogP contribution is 2.36. The maximum Gasteiger partial charge on any atom is 0.272 e. The summed E-state index contributed by atoms with van der Waals surface area (Å²) in [6.07, 6.45) is 3.20. The number of aromatic nitrogens is 2. The van der Waals surface area contributed by atoms with Crippen molar-refractivity contribution in [2.45, 2.75) is 24.7 Å². The van der Waals surface area contributed by atoms with Crippen LogP contribution in [-0.4, -0.2) is 62.3 Å². The van der Waals surface area contributed by atoms with Crippen LogP contribution in [0.2, 0.25) is 0 Å². The van der Waals surface area contributed by atoms with Gasteiger partial charge < -0.3 is 14.4 Å². The number of nitrogens with one attached hydrogen (secondary N) is 1. The maximum atomic E-state index is 14.7. The van der Waals surface area contributed by atoms with Crippen LogP contribution in [0.25, 0.3) is 10.9 Å². The molecule has 1 unspecified atom stereocenters. The third-order valence-electron chi connectivity index (χ3n) is 6.83. The van der Waals surface area contributed by atoms with Crippen LogP contribution in [0.5, 0.6) is 0 Å². The third-order valence-corrected chi connectivity index (χ3v) is 7.96. The van der Waals surface area contributed by atoms with E-state index in [-0.39, 0.29) is 30.2 Å². The number of alkyl halides is 2. The van der Waals surface area contributed by atoms with Crippen molar-refractivity contribution in [1.82, 2.24) is 19.8 Å². The van der Waals surface area contributed by atoms with Crippen molar-refractivity contribution in [2.75, 3.05) is 30.9 Å². The van der Waals surface area contributed by atoms with Gasteiger partial charge >= 0.3 is 0 Å². The van der Waals surface area contributed by atoms with Crippen LogP contribution in [0, 0.1) is 6.92 Å². The quantitative estimate of drug-likeness (QED) is 0.339. The molecule has 2 aromatic carbocycles. The second kappa shape index (κ2) is 11.2. The van der Waals surface area contributed by atoms with Gasteiger partial charge in [-0.15, -0.1) is 0 Å². The number of nitrogens with zero attached hydrogens (tertiary/aromatic N) is 4. The van der Waals surface area contributed by atoms with Crippen molar-refractivity contribution in [1.29, 1.82) is 0 Å². The lowest BCUT2D eigenvalue weighted by atomic mass is 10.0. The number of piperazine rings is 1. The van der Waals surface area contributed by atoms with Crippen LogP contribution in [0.4, 0.5) is 14.5 Å². The number of anilines is 1. The minimum atomic E-state index is -3.31. The molecule has 1 fully saturated rings. The molecule has 40 heavy (non-hydrogen) atoms. The highest BCUT2D eigenvalue weighted by molar-refractivity contribution is 7.93. The van der Waals surface area contributed by atoms with E-state index >= 15 is 0 Å². The molecule has 0 spiro atoms. The lowest BCUT2D eigenvalue weighted by Crippen LogP contribution is -2.50. The minimum Gasteiger partial charge on any atom is -0.588 e. The Balaban J connectivity index is 1.32. The fourth-order valence-electron chi connectivity index (χ4n) is 4.69. The van der Waals surface area contributed by atoms with Gasteiger partial charge in [0.25, 0.3) is 17.7 Å². The van der Waals surface area contributed by atoms with Gasteiger partial charge in [0, 0.05) is 67.7 Å². The number of halogens is 2. The highest BCUT2D eigenvalue weighted by atomic mass is 32.2. The number of carbonyl (C=O) groups is 2. The minimum absolute atomic E-state index is 0.0439. The second-order valence-electron chi connectivity index (χ2n) is 9.57. The number of benzene rings is 2. The number of hydrogen-bond acceptors (Lipinski definition) is 6. The fraction of sp³-hybridized carbons (Fsp3) is 0.241. The summed E-state index contributed by atoms with van der Waals surface area (Å²) in [5, 5.41) is 0.773. The second-order valence-corrected chi connectivity index (χ2v) is 10.8. The first kappa shape index (κ1) is 27.5. The summed E-state index contributed by atoms with van der Waals surface area (Å²) in [5.41, 5.74) is 1.24. The fourth-order valence-corrected chi connectivity index (χ4v) is 5.72. The monoisotopic (exact) mass is 563 g/mol. The first-order chi connectivity index (χ1) is 19.1. The van der Waals surface area contributed by atoms with E-state index in [2.05, 4.69) is 14.7 Å². The molecule has 1 N–H and O–H groups in total. The van der Waals surface area contributed by atoms with Crippen molar-refractivity contribution < 1.29 is 22.9 Å². The number of rotatable bonds is 6. The molecule has 1 aliphatic rings. The number of carbonyl (C=O) groups excluding carboxylic acids is 2. The average molecular weight is 564 g/mol. The van der Waals surface area contributed by atoms with Crippen LogP contribution in [0.3, 0.4) is 0 Å². The van der Waals surface area contributed by atoms with E-state index in [0.29, 0.717) is 34.8 Å². The first-order valence-electron chi connectivity index (χ1n) is 12.7. The number of aryl methyl sites for hydroxylation is 1. The van der Waals surface area contributed by atoms with Crippen LogP contribution < -0.4 is 4.72 Å². The Bertz CT molecular complexity index is 1570. The SMILES string of the molecule is Cc1ncccc1C(=O)N1CCN(C(=O)c2ccc(N[S+]([O-])c3cccc4cccnc34)c(C(C)(F)F)c2)CC1. The summed E-state index contributed by atoms with van der Waals surface area (Å²) in [6.45, 7) is 3.65. The Kier molecular flexibility index (Phi) is 7.68. The van der Waals surface area contributed by atoms with Crippen LogP contribution >= 0.6 is 0 Å². The van der Waals surface area contributed by atoms with E-state index in [0.717, 1.165) is 18.4 Å². The van der Waals surface area contributed by atoms with Crippen molar-refractivity contribution in [3.05, 3.63) is 95.4 Å². The van der Waals surface area contributed by atoms with Gasteiger partial charge in [0.15, 0.2) is 0 Å². The Morgan fingerprint density at radius 1 is 0.925 bits per heavy atom. The average Bonchev–Trinajstić information content (AvgIpc) is 2.96. The van der Waals surface area contributed by atoms with Gasteiger partial charge in [0.2, 0.25) is 4.90 Å². The van der Waals surface area contributed by atoms with Gasteiger partial charge in [-0.2, -0.15) is 0 Å². The number of hydrogen-bond donors (Lipinski definition) is 1. The molecule has 2 aromatic heterocycles. The number of amides is 2. The molecule has 0 bridgehead atoms. The molecule has 206 valence electrons. The zero-order valence-electron chi connectivity index (χ0n) is 21.9. The topological polar surface area (TPSA) is 101 Å². The summed E-state index contributed by atoms with van der Waals surface area (Å²) in [7, 11) is 0. The Hall–Kier alpha value is -4.09. The summed E-state index contributed by atoms with van der Waals surface area (Å²) < 4.78 is 45.3. The Morgan fingerprint density at radius 2 is 1.57 bits per heavy atom. The first-order valence-corrected chi connectivity index (χ1v) is 13.8. The number of para-hydroxylation sites is 1.